The number of amides is 1. The number of carbonyl (C=O) groups excluding carboxylic acids is 1. The Kier molecular flexibility index (Phi) is 4.77. The van der Waals surface area contributed by atoms with Gasteiger partial charge in [0.15, 0.2) is 0 Å². The molecular formula is C18H25N3O4S. The second-order valence-corrected chi connectivity index (χ2v) is 9.20. The predicted molar refractivity (Wildman–Crippen MR) is 97.7 cm³/mol. The highest BCUT2D eigenvalue weighted by Gasteiger charge is 2.32. The van der Waals surface area contributed by atoms with Gasteiger partial charge in [0.05, 0.1) is 17.4 Å². The predicted octanol–water partition coefficient (Wildman–Crippen LogP) is 0.691. The third-order valence-electron chi connectivity index (χ3n) is 5.58. The molecule has 2 saturated heterocycles. The smallest absolute Gasteiger partial charge is 0.243 e. The molecule has 0 bridgehead atoms. The highest BCUT2D eigenvalue weighted by Crippen LogP contribution is 2.31. The third-order valence-corrected chi connectivity index (χ3v) is 7.48. The lowest BCUT2D eigenvalue weighted by Gasteiger charge is -2.35. The maximum atomic E-state index is 13.0. The summed E-state index contributed by atoms with van der Waals surface area (Å²) in [5, 5.41) is 0. The Morgan fingerprint density at radius 3 is 2.65 bits per heavy atom. The van der Waals surface area contributed by atoms with Gasteiger partial charge >= 0.3 is 0 Å². The van der Waals surface area contributed by atoms with Crippen LogP contribution in [0.4, 0.5) is 5.69 Å². The van der Waals surface area contributed by atoms with Crippen LogP contribution in [0.25, 0.3) is 0 Å². The molecule has 4 rings (SSSR count). The minimum absolute atomic E-state index is 0.00251. The Bertz CT molecular complexity index is 797. The van der Waals surface area contributed by atoms with Crippen molar-refractivity contribution >= 4 is 21.6 Å². The molecule has 0 saturated carbocycles. The summed E-state index contributed by atoms with van der Waals surface area (Å²) in [7, 11) is -1.81. The van der Waals surface area contributed by atoms with Crippen LogP contribution in [0.3, 0.4) is 0 Å². The van der Waals surface area contributed by atoms with Crippen LogP contribution in [-0.2, 0) is 26.0 Å². The van der Waals surface area contributed by atoms with Crippen molar-refractivity contribution in [1.82, 2.24) is 9.21 Å². The van der Waals surface area contributed by atoms with Gasteiger partial charge in [-0.3, -0.25) is 9.69 Å². The lowest BCUT2D eigenvalue weighted by atomic mass is 10.2. The van der Waals surface area contributed by atoms with E-state index in [4.69, 9.17) is 4.74 Å². The molecule has 3 heterocycles. The summed E-state index contributed by atoms with van der Waals surface area (Å²) >= 11 is 0. The second-order valence-electron chi connectivity index (χ2n) is 7.26. The van der Waals surface area contributed by atoms with Crippen molar-refractivity contribution in [2.24, 2.45) is 0 Å². The lowest BCUT2D eigenvalue weighted by Crippen LogP contribution is -2.50. The number of carbonyl (C=O) groups is 1. The fourth-order valence-corrected chi connectivity index (χ4v) is 5.46. The third kappa shape index (κ3) is 3.26. The molecule has 8 heteroatoms. The molecule has 1 aromatic carbocycles. The van der Waals surface area contributed by atoms with Crippen molar-refractivity contribution in [2.75, 3.05) is 51.3 Å². The summed E-state index contributed by atoms with van der Waals surface area (Å²) in [4.78, 5) is 16.0. The van der Waals surface area contributed by atoms with Gasteiger partial charge < -0.3 is 9.64 Å². The summed E-state index contributed by atoms with van der Waals surface area (Å²) < 4.78 is 33.2. The zero-order valence-electron chi connectivity index (χ0n) is 15.1. The fraction of sp³-hybridized carbons (Fsp3) is 0.611. The van der Waals surface area contributed by atoms with Gasteiger partial charge in [0.2, 0.25) is 15.9 Å². The van der Waals surface area contributed by atoms with Gasteiger partial charge in [-0.15, -0.1) is 0 Å². The molecule has 0 spiro atoms. The van der Waals surface area contributed by atoms with E-state index in [-0.39, 0.29) is 17.2 Å². The van der Waals surface area contributed by atoms with E-state index in [9.17, 15) is 13.2 Å². The van der Waals surface area contributed by atoms with Crippen LogP contribution in [0.15, 0.2) is 23.1 Å². The quantitative estimate of drug-likeness (QED) is 0.770. The summed E-state index contributed by atoms with van der Waals surface area (Å²) in [6, 6.07) is 5.01. The molecule has 3 aliphatic heterocycles. The van der Waals surface area contributed by atoms with Crippen molar-refractivity contribution in [3.05, 3.63) is 23.8 Å². The molecule has 7 nitrogen and oxygen atoms in total. The molecule has 3 aliphatic rings. The Morgan fingerprint density at radius 2 is 1.96 bits per heavy atom. The highest BCUT2D eigenvalue weighted by atomic mass is 32.2. The average molecular weight is 379 g/mol. The van der Waals surface area contributed by atoms with Gasteiger partial charge in [-0.1, -0.05) is 0 Å². The Morgan fingerprint density at radius 1 is 1.19 bits per heavy atom. The number of anilines is 1. The van der Waals surface area contributed by atoms with Gasteiger partial charge in [0.1, 0.15) is 0 Å². The van der Waals surface area contributed by atoms with Gasteiger partial charge in [0, 0.05) is 52.1 Å². The molecule has 1 aromatic rings. The van der Waals surface area contributed by atoms with Crippen LogP contribution in [-0.4, -0.2) is 76.0 Å². The number of hydrogen-bond acceptors (Lipinski definition) is 5. The monoisotopic (exact) mass is 379 g/mol. The van der Waals surface area contributed by atoms with Crippen molar-refractivity contribution in [1.29, 1.82) is 0 Å². The Labute approximate surface area is 154 Å². The van der Waals surface area contributed by atoms with Crippen molar-refractivity contribution in [3.8, 4) is 0 Å². The first-order chi connectivity index (χ1) is 12.4. The number of ether oxygens (including phenoxy) is 1. The standard InChI is InChI=1S/C18H25N3O4S/c1-19-17-5-4-16(11-14(17)12-18(19)22)26(23,24)21-8-6-20(7-9-21)13-15-3-2-10-25-15/h4-5,11,15H,2-3,6-10,12-13H2,1H3. The van der Waals surface area contributed by atoms with Gasteiger partial charge in [-0.25, -0.2) is 8.42 Å². The van der Waals surface area contributed by atoms with Crippen molar-refractivity contribution < 1.29 is 17.9 Å². The van der Waals surface area contributed by atoms with E-state index in [0.29, 0.717) is 19.2 Å². The van der Waals surface area contributed by atoms with Gasteiger partial charge in [-0.05, 0) is 36.6 Å². The number of piperazine rings is 1. The van der Waals surface area contributed by atoms with Crippen LogP contribution in [0.2, 0.25) is 0 Å². The van der Waals surface area contributed by atoms with Crippen LogP contribution in [0.1, 0.15) is 18.4 Å². The SMILES string of the molecule is CN1C(=O)Cc2cc(S(=O)(=O)N3CCN(CC4CCCO4)CC3)ccc21. The Hall–Kier alpha value is -1.48. The molecule has 0 radical (unpaired) electrons. The van der Waals surface area contributed by atoms with Gasteiger partial charge in [0.25, 0.3) is 0 Å². The molecule has 142 valence electrons. The maximum Gasteiger partial charge on any atom is 0.243 e. The van der Waals surface area contributed by atoms with Crippen molar-refractivity contribution in [2.45, 2.75) is 30.3 Å². The summed E-state index contributed by atoms with van der Waals surface area (Å²) in [6.07, 6.45) is 2.78. The number of likely N-dealkylation sites (N-methyl/N-ethyl adjacent to an activating group) is 1. The largest absolute Gasteiger partial charge is 0.377 e. The first-order valence-electron chi connectivity index (χ1n) is 9.19. The molecule has 2 fully saturated rings. The zero-order valence-corrected chi connectivity index (χ0v) is 15.9. The Balaban J connectivity index is 1.43. The molecule has 0 aromatic heterocycles. The molecule has 1 unspecified atom stereocenters. The van der Waals surface area contributed by atoms with E-state index >= 15 is 0 Å². The zero-order chi connectivity index (χ0) is 18.3. The van der Waals surface area contributed by atoms with E-state index in [1.807, 2.05) is 0 Å². The lowest BCUT2D eigenvalue weighted by molar-refractivity contribution is -0.117. The molecular weight excluding hydrogens is 354 g/mol. The minimum atomic E-state index is -3.52. The first-order valence-corrected chi connectivity index (χ1v) is 10.6. The molecule has 0 aliphatic carbocycles. The minimum Gasteiger partial charge on any atom is -0.377 e. The van der Waals surface area contributed by atoms with Crippen LogP contribution in [0, 0.1) is 0 Å². The van der Waals surface area contributed by atoms with Crippen LogP contribution < -0.4 is 4.90 Å². The summed E-state index contributed by atoms with van der Waals surface area (Å²) in [5.74, 6) is -0.00251. The van der Waals surface area contributed by atoms with E-state index in [1.54, 1.807) is 34.5 Å². The van der Waals surface area contributed by atoms with Crippen molar-refractivity contribution in [3.63, 3.8) is 0 Å². The molecule has 1 amide bonds. The topological polar surface area (TPSA) is 70.2 Å². The number of fused-ring (bicyclic) bond motifs is 1. The molecule has 26 heavy (non-hydrogen) atoms. The average Bonchev–Trinajstić information content (AvgIpc) is 3.23. The van der Waals surface area contributed by atoms with E-state index in [1.165, 1.54) is 0 Å². The first kappa shape index (κ1) is 17.9. The summed E-state index contributed by atoms with van der Waals surface area (Å²) in [5.41, 5.74) is 1.59. The number of nitrogens with zero attached hydrogens (tertiary/aromatic N) is 3. The second kappa shape index (κ2) is 6.92. The number of rotatable bonds is 4. The number of sulfonamides is 1. The van der Waals surface area contributed by atoms with Crippen LogP contribution >= 0.6 is 0 Å². The van der Waals surface area contributed by atoms with E-state index in [2.05, 4.69) is 4.90 Å². The van der Waals surface area contributed by atoms with E-state index < -0.39 is 10.0 Å². The van der Waals surface area contributed by atoms with E-state index in [0.717, 1.165) is 50.3 Å². The molecule has 1 atom stereocenters. The maximum absolute atomic E-state index is 13.0. The summed E-state index contributed by atoms with van der Waals surface area (Å²) in [6.45, 7) is 4.17. The number of hydrogen-bond donors (Lipinski definition) is 0. The van der Waals surface area contributed by atoms with Crippen LogP contribution in [0.5, 0.6) is 0 Å². The number of benzene rings is 1. The normalized spacial score (nSPS) is 25.0. The fourth-order valence-electron chi connectivity index (χ4n) is 3.98. The highest BCUT2D eigenvalue weighted by molar-refractivity contribution is 7.89. The molecule has 0 N–H and O–H groups in total. The van der Waals surface area contributed by atoms with Gasteiger partial charge in [-0.2, -0.15) is 4.31 Å².